The lowest BCUT2D eigenvalue weighted by Crippen LogP contribution is -2.28. The zero-order chi connectivity index (χ0) is 12.7. The predicted octanol–water partition coefficient (Wildman–Crippen LogP) is 2.49. The Bertz CT molecular complexity index is 357. The fraction of sp³-hybridized carbons (Fsp3) is 0.500. The van der Waals surface area contributed by atoms with Gasteiger partial charge in [0.25, 0.3) is 0 Å². The van der Waals surface area contributed by atoms with Gasteiger partial charge in [-0.3, -0.25) is 4.79 Å². The Labute approximate surface area is 103 Å². The Hall–Kier alpha value is -1.35. The van der Waals surface area contributed by atoms with Gasteiger partial charge in [-0.05, 0) is 18.6 Å². The van der Waals surface area contributed by atoms with E-state index in [9.17, 15) is 4.79 Å². The lowest BCUT2D eigenvalue weighted by Gasteiger charge is -2.25. The second-order valence-electron chi connectivity index (χ2n) is 4.00. The highest BCUT2D eigenvalue weighted by Gasteiger charge is 2.13. The average molecular weight is 235 g/mol. The van der Waals surface area contributed by atoms with E-state index in [0.717, 1.165) is 24.2 Å². The summed E-state index contributed by atoms with van der Waals surface area (Å²) in [4.78, 5) is 13.9. The van der Waals surface area contributed by atoms with E-state index in [2.05, 4.69) is 11.8 Å². The number of para-hydroxylation sites is 1. The number of benzene rings is 1. The summed E-state index contributed by atoms with van der Waals surface area (Å²) >= 11 is 0. The highest BCUT2D eigenvalue weighted by Crippen LogP contribution is 2.21. The molecular formula is C14H21NO2. The largest absolute Gasteiger partial charge is 0.395 e. The summed E-state index contributed by atoms with van der Waals surface area (Å²) in [5, 5.41) is 9.08. The molecule has 0 atom stereocenters. The van der Waals surface area contributed by atoms with Gasteiger partial charge in [-0.2, -0.15) is 0 Å². The van der Waals surface area contributed by atoms with Gasteiger partial charge in [-0.1, -0.05) is 26.0 Å². The van der Waals surface area contributed by atoms with E-state index < -0.39 is 0 Å². The number of Topliss-reactive ketones (excluding diaryl/α,β-unsaturated/α-hetero) is 1. The summed E-state index contributed by atoms with van der Waals surface area (Å²) in [5.74, 6) is 0.152. The fourth-order valence-corrected chi connectivity index (χ4v) is 1.92. The van der Waals surface area contributed by atoms with Gasteiger partial charge in [0.15, 0.2) is 5.78 Å². The van der Waals surface area contributed by atoms with Crippen molar-refractivity contribution >= 4 is 11.5 Å². The van der Waals surface area contributed by atoms with Gasteiger partial charge in [0, 0.05) is 30.8 Å². The third-order valence-electron chi connectivity index (χ3n) is 2.73. The van der Waals surface area contributed by atoms with Crippen LogP contribution in [0.5, 0.6) is 0 Å². The molecule has 0 heterocycles. The van der Waals surface area contributed by atoms with E-state index in [4.69, 9.17) is 5.11 Å². The van der Waals surface area contributed by atoms with Crippen molar-refractivity contribution in [2.45, 2.75) is 26.7 Å². The van der Waals surface area contributed by atoms with Crippen molar-refractivity contribution < 1.29 is 9.90 Å². The first-order valence-corrected chi connectivity index (χ1v) is 6.22. The normalized spacial score (nSPS) is 10.3. The first-order valence-electron chi connectivity index (χ1n) is 6.22. The molecule has 0 spiro atoms. The molecule has 0 aliphatic carbocycles. The molecule has 0 saturated carbocycles. The Morgan fingerprint density at radius 3 is 2.53 bits per heavy atom. The van der Waals surface area contributed by atoms with Gasteiger partial charge >= 0.3 is 0 Å². The van der Waals surface area contributed by atoms with E-state index in [0.29, 0.717) is 13.0 Å². The number of carbonyl (C=O) groups is 1. The molecule has 0 fully saturated rings. The highest BCUT2D eigenvalue weighted by atomic mass is 16.3. The van der Waals surface area contributed by atoms with E-state index >= 15 is 0 Å². The van der Waals surface area contributed by atoms with Crippen LogP contribution in [0.4, 0.5) is 5.69 Å². The maximum atomic E-state index is 11.9. The van der Waals surface area contributed by atoms with Crippen LogP contribution in [0.2, 0.25) is 0 Å². The van der Waals surface area contributed by atoms with Crippen molar-refractivity contribution in [3.8, 4) is 0 Å². The monoisotopic (exact) mass is 235 g/mol. The lowest BCUT2D eigenvalue weighted by molar-refractivity contribution is 0.0988. The molecule has 1 N–H and O–H groups in total. The number of rotatable bonds is 7. The van der Waals surface area contributed by atoms with Gasteiger partial charge in [0.2, 0.25) is 0 Å². The Balaban J connectivity index is 3.04. The first-order chi connectivity index (χ1) is 8.24. The molecule has 1 rings (SSSR count). The zero-order valence-electron chi connectivity index (χ0n) is 10.6. The van der Waals surface area contributed by atoms with E-state index in [1.54, 1.807) is 0 Å². The molecule has 0 radical (unpaired) electrons. The second-order valence-corrected chi connectivity index (χ2v) is 4.00. The summed E-state index contributed by atoms with van der Waals surface area (Å²) in [7, 11) is 0. The van der Waals surface area contributed by atoms with Crippen molar-refractivity contribution in [1.82, 2.24) is 0 Å². The fourth-order valence-electron chi connectivity index (χ4n) is 1.92. The minimum atomic E-state index is 0.106. The molecular weight excluding hydrogens is 214 g/mol. The smallest absolute Gasteiger partial charge is 0.164 e. The molecule has 0 aliphatic heterocycles. The predicted molar refractivity (Wildman–Crippen MR) is 70.7 cm³/mol. The first kappa shape index (κ1) is 13.7. The number of hydrogen-bond acceptors (Lipinski definition) is 3. The van der Waals surface area contributed by atoms with Crippen LogP contribution < -0.4 is 4.90 Å². The van der Waals surface area contributed by atoms with Crippen LogP contribution in [0.3, 0.4) is 0 Å². The number of ketones is 1. The van der Waals surface area contributed by atoms with Crippen LogP contribution in [0.25, 0.3) is 0 Å². The number of anilines is 1. The van der Waals surface area contributed by atoms with Crippen LogP contribution in [-0.4, -0.2) is 30.6 Å². The average Bonchev–Trinajstić information content (AvgIpc) is 2.37. The molecule has 17 heavy (non-hydrogen) atoms. The summed E-state index contributed by atoms with van der Waals surface area (Å²) in [6, 6.07) is 7.63. The molecule has 1 aromatic rings. The molecule has 94 valence electrons. The molecule has 0 unspecified atom stereocenters. The molecule has 0 aliphatic rings. The Morgan fingerprint density at radius 2 is 1.94 bits per heavy atom. The van der Waals surface area contributed by atoms with E-state index in [1.807, 2.05) is 31.2 Å². The number of aliphatic hydroxyl groups excluding tert-OH is 1. The van der Waals surface area contributed by atoms with Crippen LogP contribution in [0.1, 0.15) is 37.0 Å². The Morgan fingerprint density at radius 1 is 1.24 bits per heavy atom. The third-order valence-corrected chi connectivity index (χ3v) is 2.73. The van der Waals surface area contributed by atoms with Gasteiger partial charge in [-0.25, -0.2) is 0 Å². The van der Waals surface area contributed by atoms with Crippen LogP contribution >= 0.6 is 0 Å². The second kappa shape index (κ2) is 7.07. The number of carbonyl (C=O) groups excluding carboxylic acids is 1. The standard InChI is InChI=1S/C14H21NO2/c1-3-9-15(10-11-16)13-8-6-5-7-12(13)14(17)4-2/h5-8,16H,3-4,9-11H2,1-2H3. The zero-order valence-corrected chi connectivity index (χ0v) is 10.6. The molecule has 1 aromatic carbocycles. The summed E-state index contributed by atoms with van der Waals surface area (Å²) < 4.78 is 0. The lowest BCUT2D eigenvalue weighted by atomic mass is 10.1. The van der Waals surface area contributed by atoms with Gasteiger partial charge in [0.1, 0.15) is 0 Å². The molecule has 0 bridgehead atoms. The molecule has 0 amide bonds. The van der Waals surface area contributed by atoms with Crippen LogP contribution in [0, 0.1) is 0 Å². The maximum absolute atomic E-state index is 11.9. The summed E-state index contributed by atoms with van der Waals surface area (Å²) in [5.41, 5.74) is 1.70. The Kier molecular flexibility index (Phi) is 5.70. The van der Waals surface area contributed by atoms with Gasteiger partial charge in [-0.15, -0.1) is 0 Å². The SMILES string of the molecule is CCCN(CCO)c1ccccc1C(=O)CC. The molecule has 0 aromatic heterocycles. The quantitative estimate of drug-likeness (QED) is 0.738. The topological polar surface area (TPSA) is 40.5 Å². The van der Waals surface area contributed by atoms with Gasteiger partial charge in [0.05, 0.1) is 6.61 Å². The van der Waals surface area contributed by atoms with Crippen molar-refractivity contribution in [1.29, 1.82) is 0 Å². The number of hydrogen-bond donors (Lipinski definition) is 1. The highest BCUT2D eigenvalue weighted by molar-refractivity contribution is 6.01. The minimum absolute atomic E-state index is 0.106. The maximum Gasteiger partial charge on any atom is 0.164 e. The van der Waals surface area contributed by atoms with E-state index in [1.165, 1.54) is 0 Å². The summed E-state index contributed by atoms with van der Waals surface area (Å²) in [6.45, 7) is 5.50. The molecule has 0 saturated heterocycles. The van der Waals surface area contributed by atoms with Crippen molar-refractivity contribution in [2.75, 3.05) is 24.6 Å². The minimum Gasteiger partial charge on any atom is -0.395 e. The summed E-state index contributed by atoms with van der Waals surface area (Å²) in [6.07, 6.45) is 1.50. The van der Waals surface area contributed by atoms with Crippen LogP contribution in [0.15, 0.2) is 24.3 Å². The molecule has 3 heteroatoms. The molecule has 3 nitrogen and oxygen atoms in total. The van der Waals surface area contributed by atoms with Crippen molar-refractivity contribution in [3.63, 3.8) is 0 Å². The number of nitrogens with zero attached hydrogens (tertiary/aromatic N) is 1. The van der Waals surface area contributed by atoms with Crippen molar-refractivity contribution in [3.05, 3.63) is 29.8 Å². The number of aliphatic hydroxyl groups is 1. The van der Waals surface area contributed by atoms with E-state index in [-0.39, 0.29) is 12.4 Å². The van der Waals surface area contributed by atoms with Crippen LogP contribution in [-0.2, 0) is 0 Å². The van der Waals surface area contributed by atoms with Crippen molar-refractivity contribution in [2.24, 2.45) is 0 Å². The third kappa shape index (κ3) is 3.56. The van der Waals surface area contributed by atoms with Gasteiger partial charge < -0.3 is 10.0 Å².